The summed E-state index contributed by atoms with van der Waals surface area (Å²) in [5, 5.41) is 0. The fourth-order valence-electron chi connectivity index (χ4n) is 1.72. The SMILES string of the molecule is COc1c(F)cc(Br)cc1C1(C=O)CC1. The maximum absolute atomic E-state index is 13.5. The van der Waals surface area contributed by atoms with E-state index < -0.39 is 11.2 Å². The van der Waals surface area contributed by atoms with Crippen LogP contribution in [-0.4, -0.2) is 13.4 Å². The van der Waals surface area contributed by atoms with Crippen LogP contribution in [0, 0.1) is 5.82 Å². The van der Waals surface area contributed by atoms with Gasteiger partial charge in [-0.2, -0.15) is 0 Å². The molecule has 0 aromatic heterocycles. The van der Waals surface area contributed by atoms with Gasteiger partial charge < -0.3 is 9.53 Å². The smallest absolute Gasteiger partial charge is 0.166 e. The maximum Gasteiger partial charge on any atom is 0.166 e. The van der Waals surface area contributed by atoms with Crippen molar-refractivity contribution in [2.75, 3.05) is 7.11 Å². The molecule has 2 rings (SSSR count). The third kappa shape index (κ3) is 1.67. The van der Waals surface area contributed by atoms with Crippen LogP contribution < -0.4 is 4.74 Å². The van der Waals surface area contributed by atoms with Crippen molar-refractivity contribution < 1.29 is 13.9 Å². The zero-order chi connectivity index (χ0) is 11.1. The van der Waals surface area contributed by atoms with E-state index in [1.807, 2.05) is 0 Å². The van der Waals surface area contributed by atoms with Crippen LogP contribution in [0.2, 0.25) is 0 Å². The summed E-state index contributed by atoms with van der Waals surface area (Å²) in [4.78, 5) is 11.0. The molecule has 0 unspecified atom stereocenters. The minimum Gasteiger partial charge on any atom is -0.493 e. The molecule has 1 aromatic carbocycles. The van der Waals surface area contributed by atoms with Crippen LogP contribution in [-0.2, 0) is 10.2 Å². The summed E-state index contributed by atoms with van der Waals surface area (Å²) in [7, 11) is 1.41. The summed E-state index contributed by atoms with van der Waals surface area (Å²) < 4.78 is 19.2. The third-order valence-corrected chi connectivity index (χ3v) is 3.22. The maximum atomic E-state index is 13.5. The molecule has 15 heavy (non-hydrogen) atoms. The van der Waals surface area contributed by atoms with Gasteiger partial charge in [0.25, 0.3) is 0 Å². The number of hydrogen-bond acceptors (Lipinski definition) is 2. The lowest BCUT2D eigenvalue weighted by Gasteiger charge is -2.14. The van der Waals surface area contributed by atoms with E-state index in [1.165, 1.54) is 13.2 Å². The summed E-state index contributed by atoms with van der Waals surface area (Å²) in [6.45, 7) is 0. The van der Waals surface area contributed by atoms with Gasteiger partial charge >= 0.3 is 0 Å². The Labute approximate surface area is 95.6 Å². The molecule has 0 bridgehead atoms. The van der Waals surface area contributed by atoms with E-state index in [9.17, 15) is 9.18 Å². The molecule has 0 spiro atoms. The van der Waals surface area contributed by atoms with Crippen molar-refractivity contribution in [2.24, 2.45) is 0 Å². The molecule has 1 fully saturated rings. The average molecular weight is 273 g/mol. The zero-order valence-electron chi connectivity index (χ0n) is 8.22. The summed E-state index contributed by atoms with van der Waals surface area (Å²) in [5.41, 5.74) is 0.127. The molecule has 1 aliphatic rings. The number of ether oxygens (including phenoxy) is 1. The van der Waals surface area contributed by atoms with Crippen LogP contribution in [0.5, 0.6) is 5.75 Å². The van der Waals surface area contributed by atoms with Crippen molar-refractivity contribution in [1.29, 1.82) is 0 Å². The van der Waals surface area contributed by atoms with Crippen molar-refractivity contribution in [1.82, 2.24) is 0 Å². The topological polar surface area (TPSA) is 26.3 Å². The number of carbonyl (C=O) groups excluding carboxylic acids is 1. The number of methoxy groups -OCH3 is 1. The van der Waals surface area contributed by atoms with Gasteiger partial charge in [0.1, 0.15) is 6.29 Å². The minimum absolute atomic E-state index is 0.183. The Morgan fingerprint density at radius 1 is 1.53 bits per heavy atom. The van der Waals surface area contributed by atoms with Gasteiger partial charge in [-0.15, -0.1) is 0 Å². The standard InChI is InChI=1S/C11H10BrFO2/c1-15-10-8(11(6-14)2-3-11)4-7(12)5-9(10)13/h4-6H,2-3H2,1H3. The Morgan fingerprint density at radius 3 is 2.67 bits per heavy atom. The lowest BCUT2D eigenvalue weighted by atomic mass is 9.96. The molecule has 4 heteroatoms. The summed E-state index contributed by atoms with van der Waals surface area (Å²) in [5.74, 6) is -0.252. The number of carbonyl (C=O) groups is 1. The van der Waals surface area contributed by atoms with Gasteiger partial charge in [0.2, 0.25) is 0 Å². The van der Waals surface area contributed by atoms with E-state index in [4.69, 9.17) is 4.74 Å². The van der Waals surface area contributed by atoms with E-state index in [-0.39, 0.29) is 5.75 Å². The Hall–Kier alpha value is -0.900. The first kappa shape index (κ1) is 10.6. The van der Waals surface area contributed by atoms with E-state index in [1.54, 1.807) is 6.07 Å². The molecule has 0 radical (unpaired) electrons. The second-order valence-corrected chi connectivity index (χ2v) is 4.66. The number of hydrogen-bond donors (Lipinski definition) is 0. The molecule has 0 heterocycles. The molecule has 0 aliphatic heterocycles. The lowest BCUT2D eigenvalue weighted by molar-refractivity contribution is -0.109. The van der Waals surface area contributed by atoms with E-state index in [0.717, 1.165) is 19.1 Å². The van der Waals surface area contributed by atoms with Gasteiger partial charge in [-0.25, -0.2) is 4.39 Å². The Morgan fingerprint density at radius 2 is 2.20 bits per heavy atom. The highest BCUT2D eigenvalue weighted by molar-refractivity contribution is 9.10. The lowest BCUT2D eigenvalue weighted by Crippen LogP contribution is -2.11. The molecule has 0 amide bonds. The number of benzene rings is 1. The Kier molecular flexibility index (Phi) is 2.54. The van der Waals surface area contributed by atoms with Crippen LogP contribution in [0.4, 0.5) is 4.39 Å². The second kappa shape index (κ2) is 3.59. The first-order valence-corrected chi connectivity index (χ1v) is 5.42. The van der Waals surface area contributed by atoms with E-state index >= 15 is 0 Å². The van der Waals surface area contributed by atoms with Gasteiger partial charge in [0.15, 0.2) is 11.6 Å². The van der Waals surface area contributed by atoms with Crippen LogP contribution in [0.3, 0.4) is 0 Å². The molecule has 1 aliphatic carbocycles. The molecule has 0 atom stereocenters. The van der Waals surface area contributed by atoms with Crippen molar-refractivity contribution in [2.45, 2.75) is 18.3 Å². The monoisotopic (exact) mass is 272 g/mol. The van der Waals surface area contributed by atoms with Crippen molar-refractivity contribution in [3.8, 4) is 5.75 Å². The average Bonchev–Trinajstić information content (AvgIpc) is 2.97. The number of halogens is 2. The second-order valence-electron chi connectivity index (χ2n) is 3.74. The van der Waals surface area contributed by atoms with Crippen LogP contribution in [0.25, 0.3) is 0 Å². The van der Waals surface area contributed by atoms with Crippen LogP contribution in [0.1, 0.15) is 18.4 Å². The fraction of sp³-hybridized carbons (Fsp3) is 0.364. The predicted octanol–water partition coefficient (Wildman–Crippen LogP) is 2.83. The molecule has 2 nitrogen and oxygen atoms in total. The van der Waals surface area contributed by atoms with E-state index in [0.29, 0.717) is 10.0 Å². The summed E-state index contributed by atoms with van der Waals surface area (Å²) in [6, 6.07) is 3.09. The van der Waals surface area contributed by atoms with Gasteiger partial charge in [0, 0.05) is 10.0 Å². The minimum atomic E-state index is -0.518. The highest BCUT2D eigenvalue weighted by Crippen LogP contribution is 2.50. The summed E-state index contributed by atoms with van der Waals surface area (Å²) >= 11 is 3.21. The van der Waals surface area contributed by atoms with Gasteiger partial charge in [-0.1, -0.05) is 15.9 Å². The van der Waals surface area contributed by atoms with Gasteiger partial charge in [-0.3, -0.25) is 0 Å². The highest BCUT2D eigenvalue weighted by Gasteiger charge is 2.47. The van der Waals surface area contributed by atoms with Crippen molar-refractivity contribution >= 4 is 22.2 Å². The zero-order valence-corrected chi connectivity index (χ0v) is 9.80. The molecule has 1 saturated carbocycles. The summed E-state index contributed by atoms with van der Waals surface area (Å²) in [6.07, 6.45) is 2.42. The molecule has 0 N–H and O–H groups in total. The van der Waals surface area contributed by atoms with Gasteiger partial charge in [-0.05, 0) is 25.0 Å². The van der Waals surface area contributed by atoms with Crippen molar-refractivity contribution in [3.05, 3.63) is 28.0 Å². The van der Waals surface area contributed by atoms with Gasteiger partial charge in [0.05, 0.1) is 12.5 Å². The largest absolute Gasteiger partial charge is 0.493 e. The normalized spacial score (nSPS) is 17.3. The number of rotatable bonds is 3. The Balaban J connectivity index is 2.59. The van der Waals surface area contributed by atoms with Crippen LogP contribution >= 0.6 is 15.9 Å². The van der Waals surface area contributed by atoms with E-state index in [2.05, 4.69) is 15.9 Å². The Bertz CT molecular complexity index is 413. The van der Waals surface area contributed by atoms with Crippen molar-refractivity contribution in [3.63, 3.8) is 0 Å². The molecular weight excluding hydrogens is 263 g/mol. The predicted molar refractivity (Wildman–Crippen MR) is 57.6 cm³/mol. The quantitative estimate of drug-likeness (QED) is 0.791. The molecular formula is C11H10BrFO2. The third-order valence-electron chi connectivity index (χ3n) is 2.76. The number of aldehydes is 1. The fourth-order valence-corrected chi connectivity index (χ4v) is 2.15. The molecule has 80 valence electrons. The molecule has 0 saturated heterocycles. The first-order valence-electron chi connectivity index (χ1n) is 4.63. The highest BCUT2D eigenvalue weighted by atomic mass is 79.9. The first-order chi connectivity index (χ1) is 7.13. The van der Waals surface area contributed by atoms with Crippen LogP contribution in [0.15, 0.2) is 16.6 Å². The molecule has 1 aromatic rings.